The van der Waals surface area contributed by atoms with Crippen molar-refractivity contribution in [3.63, 3.8) is 0 Å². The highest BCUT2D eigenvalue weighted by atomic mass is 79.9. The molecule has 0 spiro atoms. The molecule has 1 heterocycles. The van der Waals surface area contributed by atoms with Gasteiger partial charge in [0.25, 0.3) is 0 Å². The number of halogens is 2. The highest BCUT2D eigenvalue weighted by Crippen LogP contribution is 2.36. The van der Waals surface area contributed by atoms with Crippen molar-refractivity contribution in [3.05, 3.63) is 40.9 Å². The maximum atomic E-state index is 12.8. The molecule has 1 aromatic carbocycles. The number of nitrogens with zero attached hydrogens (tertiary/aromatic N) is 2. The third kappa shape index (κ3) is 3.93. The number of alkyl halides is 1. The summed E-state index contributed by atoms with van der Waals surface area (Å²) in [6, 6.07) is 5.73. The molecule has 0 saturated carbocycles. The molecule has 0 saturated heterocycles. The van der Waals surface area contributed by atoms with Crippen LogP contribution in [0.25, 0.3) is 0 Å². The fourth-order valence-corrected chi connectivity index (χ4v) is 4.10. The molecule has 2 aliphatic rings. The third-order valence-electron chi connectivity index (χ3n) is 4.78. The van der Waals surface area contributed by atoms with Gasteiger partial charge < -0.3 is 4.74 Å². The van der Waals surface area contributed by atoms with Gasteiger partial charge in [0.2, 0.25) is 5.91 Å². The second kappa shape index (κ2) is 8.37. The first-order chi connectivity index (χ1) is 12.2. The van der Waals surface area contributed by atoms with Crippen molar-refractivity contribution in [1.29, 1.82) is 0 Å². The van der Waals surface area contributed by atoms with E-state index >= 15 is 0 Å². The summed E-state index contributed by atoms with van der Waals surface area (Å²) in [5.41, 5.74) is 1.92. The van der Waals surface area contributed by atoms with Gasteiger partial charge in [-0.2, -0.15) is 5.10 Å². The van der Waals surface area contributed by atoms with Crippen LogP contribution in [0, 0.1) is 11.8 Å². The van der Waals surface area contributed by atoms with Gasteiger partial charge in [0, 0.05) is 17.8 Å². The molecule has 2 atom stereocenters. The second-order valence-corrected chi connectivity index (χ2v) is 7.55. The van der Waals surface area contributed by atoms with Gasteiger partial charge in [0.05, 0.1) is 23.8 Å². The van der Waals surface area contributed by atoms with Crippen molar-refractivity contribution in [1.82, 2.24) is 5.01 Å². The standard InChI is InChI=1S/C19H22BrClN2O2/c1-25-17-9-8-13(12-16(17)21)18-14-6-2-3-7-15(14)19(24)23(22-18)11-5-4-10-20/h2-3,8-9,12,14-15H,4-7,10-11H2,1H3. The Bertz CT molecular complexity index is 705. The minimum Gasteiger partial charge on any atom is -0.495 e. The SMILES string of the molecule is COc1ccc(C2=NN(CCCCBr)C(=O)C3CC=CCC23)cc1Cl. The van der Waals surface area contributed by atoms with Crippen molar-refractivity contribution in [2.45, 2.75) is 25.7 Å². The van der Waals surface area contributed by atoms with Crippen LogP contribution in [0.4, 0.5) is 0 Å². The number of benzene rings is 1. The van der Waals surface area contributed by atoms with Gasteiger partial charge in [-0.25, -0.2) is 5.01 Å². The first kappa shape index (κ1) is 18.5. The molecule has 134 valence electrons. The van der Waals surface area contributed by atoms with E-state index in [0.29, 0.717) is 17.3 Å². The number of carbonyl (C=O) groups is 1. The fraction of sp³-hybridized carbons (Fsp3) is 0.474. The van der Waals surface area contributed by atoms with Crippen LogP contribution in [0.3, 0.4) is 0 Å². The Morgan fingerprint density at radius 1 is 1.28 bits per heavy atom. The lowest BCUT2D eigenvalue weighted by Crippen LogP contribution is -2.45. The summed E-state index contributed by atoms with van der Waals surface area (Å²) in [5, 5.41) is 7.90. The Labute approximate surface area is 162 Å². The van der Waals surface area contributed by atoms with Crippen LogP contribution in [0.5, 0.6) is 5.75 Å². The van der Waals surface area contributed by atoms with E-state index in [1.54, 1.807) is 12.1 Å². The number of allylic oxidation sites excluding steroid dienone is 2. The van der Waals surface area contributed by atoms with Crippen LogP contribution >= 0.6 is 27.5 Å². The predicted molar refractivity (Wildman–Crippen MR) is 105 cm³/mol. The minimum absolute atomic E-state index is 0.0256. The molecular weight excluding hydrogens is 404 g/mol. The van der Waals surface area contributed by atoms with Crippen molar-refractivity contribution < 1.29 is 9.53 Å². The molecule has 6 heteroatoms. The topological polar surface area (TPSA) is 41.9 Å². The largest absolute Gasteiger partial charge is 0.495 e. The summed E-state index contributed by atoms with van der Waals surface area (Å²) >= 11 is 9.75. The molecule has 1 aromatic rings. The highest BCUT2D eigenvalue weighted by Gasteiger charge is 2.39. The van der Waals surface area contributed by atoms with Gasteiger partial charge in [-0.3, -0.25) is 4.79 Å². The number of methoxy groups -OCH3 is 1. The number of amides is 1. The molecule has 1 amide bonds. The van der Waals surface area contributed by atoms with Gasteiger partial charge in [0.1, 0.15) is 5.75 Å². The van der Waals surface area contributed by atoms with E-state index in [1.807, 2.05) is 18.2 Å². The van der Waals surface area contributed by atoms with Crippen LogP contribution in [0.1, 0.15) is 31.2 Å². The van der Waals surface area contributed by atoms with Crippen LogP contribution in [-0.4, -0.2) is 35.6 Å². The van der Waals surface area contributed by atoms with Crippen LogP contribution < -0.4 is 4.74 Å². The van der Waals surface area contributed by atoms with Gasteiger partial charge in [-0.1, -0.05) is 39.7 Å². The Morgan fingerprint density at radius 3 is 2.72 bits per heavy atom. The summed E-state index contributed by atoms with van der Waals surface area (Å²) in [7, 11) is 1.60. The Hall–Kier alpha value is -1.33. The molecule has 4 nitrogen and oxygen atoms in total. The smallest absolute Gasteiger partial charge is 0.246 e. The molecule has 0 radical (unpaired) electrons. The number of unbranched alkanes of at least 4 members (excludes halogenated alkanes) is 1. The molecule has 1 aliphatic heterocycles. The number of carbonyl (C=O) groups excluding carboxylic acids is 1. The van der Waals surface area contributed by atoms with Crippen LogP contribution in [-0.2, 0) is 4.79 Å². The number of fused-ring (bicyclic) bond motifs is 1. The number of hydrogen-bond donors (Lipinski definition) is 0. The summed E-state index contributed by atoms with van der Waals surface area (Å²) in [4.78, 5) is 12.8. The van der Waals surface area contributed by atoms with Crippen molar-refractivity contribution >= 4 is 39.1 Å². The third-order valence-corrected chi connectivity index (χ3v) is 5.64. The number of rotatable bonds is 6. The van der Waals surface area contributed by atoms with Gasteiger partial charge >= 0.3 is 0 Å². The lowest BCUT2D eigenvalue weighted by molar-refractivity contribution is -0.137. The number of hydrogen-bond acceptors (Lipinski definition) is 3. The summed E-state index contributed by atoms with van der Waals surface area (Å²) in [6.45, 7) is 0.657. The van der Waals surface area contributed by atoms with E-state index in [-0.39, 0.29) is 17.7 Å². The Kier molecular flexibility index (Phi) is 6.18. The van der Waals surface area contributed by atoms with Crippen molar-refractivity contribution in [3.8, 4) is 5.75 Å². The Balaban J connectivity index is 1.95. The van der Waals surface area contributed by atoms with Crippen molar-refractivity contribution in [2.24, 2.45) is 16.9 Å². The molecule has 0 fully saturated rings. The van der Waals surface area contributed by atoms with Crippen LogP contribution in [0.15, 0.2) is 35.5 Å². The van der Waals surface area contributed by atoms with E-state index in [0.717, 1.165) is 42.3 Å². The molecular formula is C19H22BrClN2O2. The molecule has 25 heavy (non-hydrogen) atoms. The van der Waals surface area contributed by atoms with E-state index < -0.39 is 0 Å². The highest BCUT2D eigenvalue weighted by molar-refractivity contribution is 9.09. The zero-order valence-corrected chi connectivity index (χ0v) is 16.6. The number of hydrazone groups is 1. The lowest BCUT2D eigenvalue weighted by atomic mass is 9.76. The van der Waals surface area contributed by atoms with E-state index in [9.17, 15) is 4.79 Å². The average molecular weight is 426 g/mol. The summed E-state index contributed by atoms with van der Waals surface area (Å²) < 4.78 is 5.25. The van der Waals surface area contributed by atoms with E-state index in [4.69, 9.17) is 21.4 Å². The predicted octanol–water partition coefficient (Wildman–Crippen LogP) is 4.65. The molecule has 0 aromatic heterocycles. The molecule has 2 unspecified atom stereocenters. The minimum atomic E-state index is -0.0256. The average Bonchev–Trinajstić information content (AvgIpc) is 2.64. The first-order valence-electron chi connectivity index (χ1n) is 8.60. The molecule has 0 N–H and O–H groups in total. The zero-order chi connectivity index (χ0) is 17.8. The fourth-order valence-electron chi connectivity index (χ4n) is 3.45. The van der Waals surface area contributed by atoms with Gasteiger partial charge in [0.15, 0.2) is 0 Å². The molecule has 3 rings (SSSR count). The summed E-state index contributed by atoms with van der Waals surface area (Å²) in [5.74, 6) is 0.885. The maximum absolute atomic E-state index is 12.8. The second-order valence-electron chi connectivity index (χ2n) is 6.35. The molecule has 0 bridgehead atoms. The van der Waals surface area contributed by atoms with Gasteiger partial charge in [-0.05, 0) is 49.4 Å². The zero-order valence-electron chi connectivity index (χ0n) is 14.3. The normalized spacial score (nSPS) is 22.6. The number of ether oxygens (including phenoxy) is 1. The van der Waals surface area contributed by atoms with Gasteiger partial charge in [-0.15, -0.1) is 0 Å². The Morgan fingerprint density at radius 2 is 2.04 bits per heavy atom. The van der Waals surface area contributed by atoms with E-state index in [2.05, 4.69) is 28.1 Å². The van der Waals surface area contributed by atoms with Crippen LogP contribution in [0.2, 0.25) is 5.02 Å². The molecule has 1 aliphatic carbocycles. The summed E-state index contributed by atoms with van der Waals surface area (Å²) in [6.07, 6.45) is 7.84. The maximum Gasteiger partial charge on any atom is 0.246 e. The quantitative estimate of drug-likeness (QED) is 0.378. The van der Waals surface area contributed by atoms with E-state index in [1.165, 1.54) is 0 Å². The van der Waals surface area contributed by atoms with Crippen molar-refractivity contribution in [2.75, 3.05) is 19.0 Å². The first-order valence-corrected chi connectivity index (χ1v) is 10.1. The monoisotopic (exact) mass is 424 g/mol. The lowest BCUT2D eigenvalue weighted by Gasteiger charge is -2.37.